The zero-order valence-corrected chi connectivity index (χ0v) is 8.42. The van der Waals surface area contributed by atoms with Crippen LogP contribution in [0.4, 0.5) is 4.39 Å². The van der Waals surface area contributed by atoms with E-state index in [1.54, 1.807) is 18.2 Å². The third kappa shape index (κ3) is 3.50. The molecule has 0 unspecified atom stereocenters. The van der Waals surface area contributed by atoms with E-state index >= 15 is 0 Å². The topological polar surface area (TPSA) is 46.2 Å². The first-order valence-corrected chi connectivity index (χ1v) is 4.63. The second kappa shape index (κ2) is 5.24. The lowest BCUT2D eigenvalue weighted by atomic mass is 10.1. The maximum atomic E-state index is 13.1. The van der Waals surface area contributed by atoms with Crippen LogP contribution in [0, 0.1) is 5.82 Å². The number of Topliss-reactive ketones (excluding diaryl/α,β-unsaturated/α-hetero) is 1. The van der Waals surface area contributed by atoms with Crippen molar-refractivity contribution in [1.29, 1.82) is 0 Å². The summed E-state index contributed by atoms with van der Waals surface area (Å²) in [6.45, 7) is 1.46. The Balaban J connectivity index is 2.42. The Labute approximate surface area is 87.3 Å². The predicted molar refractivity (Wildman–Crippen MR) is 53.8 cm³/mol. The van der Waals surface area contributed by atoms with Gasteiger partial charge in [0.15, 0.2) is 0 Å². The quantitative estimate of drug-likeness (QED) is 0.754. The summed E-state index contributed by atoms with van der Waals surface area (Å²) in [6, 6.07) is 6.34. The van der Waals surface area contributed by atoms with Gasteiger partial charge in [0.1, 0.15) is 5.82 Å². The molecule has 1 rings (SSSR count). The van der Waals surface area contributed by atoms with Crippen molar-refractivity contribution in [3.05, 3.63) is 35.6 Å². The van der Waals surface area contributed by atoms with Gasteiger partial charge in [-0.1, -0.05) is 18.2 Å². The lowest BCUT2D eigenvalue weighted by molar-refractivity contribution is -0.136. The summed E-state index contributed by atoms with van der Waals surface area (Å²) in [5.41, 5.74) is 0.529. The highest BCUT2D eigenvalue weighted by Crippen LogP contribution is 2.05. The molecule has 0 bridgehead atoms. The second-order valence-electron chi connectivity index (χ2n) is 3.15. The number of halogens is 1. The number of hydrogen-bond acceptors (Lipinski definition) is 2. The van der Waals surface area contributed by atoms with Crippen molar-refractivity contribution in [2.45, 2.75) is 13.3 Å². The number of carbonyl (C=O) groups is 2. The largest absolute Gasteiger partial charge is 0.349 e. The van der Waals surface area contributed by atoms with Crippen molar-refractivity contribution in [1.82, 2.24) is 5.32 Å². The zero-order valence-electron chi connectivity index (χ0n) is 8.42. The molecule has 0 aromatic heterocycles. The molecule has 1 N–H and O–H groups in total. The van der Waals surface area contributed by atoms with Crippen LogP contribution in [0.5, 0.6) is 0 Å². The molecule has 0 heterocycles. The molecule has 0 atom stereocenters. The average Bonchev–Trinajstić information content (AvgIpc) is 2.20. The summed E-state index contributed by atoms with van der Waals surface area (Å²) in [4.78, 5) is 21.4. The monoisotopic (exact) mass is 209 g/mol. The molecule has 0 aliphatic carbocycles. The van der Waals surface area contributed by atoms with Crippen LogP contribution in [-0.4, -0.2) is 18.2 Å². The predicted octanol–water partition coefficient (Wildman–Crippen LogP) is 1.07. The van der Waals surface area contributed by atoms with Crippen molar-refractivity contribution >= 4 is 11.7 Å². The van der Waals surface area contributed by atoms with Crippen LogP contribution in [0.1, 0.15) is 12.5 Å². The van der Waals surface area contributed by atoms with Crippen molar-refractivity contribution in [2.75, 3.05) is 6.54 Å². The third-order valence-corrected chi connectivity index (χ3v) is 1.96. The fourth-order valence-corrected chi connectivity index (χ4v) is 1.14. The number of benzene rings is 1. The minimum absolute atomic E-state index is 0.263. The lowest BCUT2D eigenvalue weighted by Gasteiger charge is -2.03. The SMILES string of the molecule is CC(=O)C(=O)NCCc1ccccc1F. The first kappa shape index (κ1) is 11.4. The number of ketones is 1. The van der Waals surface area contributed by atoms with Gasteiger partial charge in [-0.05, 0) is 18.1 Å². The maximum absolute atomic E-state index is 13.1. The van der Waals surface area contributed by atoms with Crippen LogP contribution in [0.25, 0.3) is 0 Å². The van der Waals surface area contributed by atoms with E-state index in [9.17, 15) is 14.0 Å². The molecule has 0 fully saturated rings. The van der Waals surface area contributed by atoms with E-state index < -0.39 is 11.7 Å². The van der Waals surface area contributed by atoms with E-state index in [0.29, 0.717) is 12.0 Å². The number of nitrogens with one attached hydrogen (secondary N) is 1. The van der Waals surface area contributed by atoms with Crippen molar-refractivity contribution < 1.29 is 14.0 Å². The minimum Gasteiger partial charge on any atom is -0.349 e. The summed E-state index contributed by atoms with van der Waals surface area (Å²) in [5.74, 6) is -1.47. The van der Waals surface area contributed by atoms with E-state index in [1.807, 2.05) is 0 Å². The number of hydrogen-bond donors (Lipinski definition) is 1. The lowest BCUT2D eigenvalue weighted by Crippen LogP contribution is -2.30. The second-order valence-corrected chi connectivity index (χ2v) is 3.15. The molecule has 0 saturated carbocycles. The van der Waals surface area contributed by atoms with E-state index in [0.717, 1.165) is 0 Å². The maximum Gasteiger partial charge on any atom is 0.287 e. The molecule has 0 aliphatic rings. The third-order valence-electron chi connectivity index (χ3n) is 1.96. The van der Waals surface area contributed by atoms with Crippen LogP contribution < -0.4 is 5.32 Å². The fourth-order valence-electron chi connectivity index (χ4n) is 1.14. The normalized spacial score (nSPS) is 9.73. The van der Waals surface area contributed by atoms with Crippen LogP contribution in [-0.2, 0) is 16.0 Å². The van der Waals surface area contributed by atoms with Gasteiger partial charge in [0, 0.05) is 13.5 Å². The Kier molecular flexibility index (Phi) is 3.97. The first-order chi connectivity index (χ1) is 7.11. The molecule has 0 aliphatic heterocycles. The van der Waals surface area contributed by atoms with Crippen LogP contribution in [0.3, 0.4) is 0 Å². The van der Waals surface area contributed by atoms with Gasteiger partial charge >= 0.3 is 0 Å². The van der Waals surface area contributed by atoms with Crippen molar-refractivity contribution in [3.8, 4) is 0 Å². The summed E-state index contributed by atoms with van der Waals surface area (Å²) >= 11 is 0. The summed E-state index contributed by atoms with van der Waals surface area (Å²) < 4.78 is 13.1. The van der Waals surface area contributed by atoms with E-state index in [-0.39, 0.29) is 12.4 Å². The van der Waals surface area contributed by atoms with Gasteiger partial charge in [-0.25, -0.2) is 4.39 Å². The highest BCUT2D eigenvalue weighted by molar-refractivity contribution is 6.35. The summed E-state index contributed by atoms with van der Waals surface area (Å²) in [5, 5.41) is 2.40. The molecule has 3 nitrogen and oxygen atoms in total. The Hall–Kier alpha value is -1.71. The molecule has 1 amide bonds. The van der Waals surface area contributed by atoms with Crippen molar-refractivity contribution in [3.63, 3.8) is 0 Å². The molecule has 4 heteroatoms. The van der Waals surface area contributed by atoms with Crippen LogP contribution in [0.2, 0.25) is 0 Å². The van der Waals surface area contributed by atoms with Crippen LogP contribution in [0.15, 0.2) is 24.3 Å². The van der Waals surface area contributed by atoms with Crippen LogP contribution >= 0.6 is 0 Å². The fraction of sp³-hybridized carbons (Fsp3) is 0.273. The average molecular weight is 209 g/mol. The number of carbonyl (C=O) groups excluding carboxylic acids is 2. The van der Waals surface area contributed by atoms with Gasteiger partial charge in [-0.3, -0.25) is 9.59 Å². The minimum atomic E-state index is -0.633. The van der Waals surface area contributed by atoms with Gasteiger partial charge in [-0.2, -0.15) is 0 Å². The molecule has 0 spiro atoms. The molecular formula is C11H12FNO2. The van der Waals surface area contributed by atoms with Crippen molar-refractivity contribution in [2.24, 2.45) is 0 Å². The Morgan fingerprint density at radius 1 is 1.33 bits per heavy atom. The van der Waals surface area contributed by atoms with E-state index in [4.69, 9.17) is 0 Å². The molecule has 15 heavy (non-hydrogen) atoms. The molecule has 1 aromatic carbocycles. The first-order valence-electron chi connectivity index (χ1n) is 4.63. The van der Waals surface area contributed by atoms with Gasteiger partial charge < -0.3 is 5.32 Å². The standard InChI is InChI=1S/C11H12FNO2/c1-8(14)11(15)13-7-6-9-4-2-3-5-10(9)12/h2-5H,6-7H2,1H3,(H,13,15). The zero-order chi connectivity index (χ0) is 11.3. The molecule has 1 aromatic rings. The van der Waals surface area contributed by atoms with Gasteiger partial charge in [0.25, 0.3) is 5.91 Å². The van der Waals surface area contributed by atoms with Gasteiger partial charge in [-0.15, -0.1) is 0 Å². The number of rotatable bonds is 4. The Morgan fingerprint density at radius 3 is 2.60 bits per heavy atom. The Morgan fingerprint density at radius 2 is 2.00 bits per heavy atom. The highest BCUT2D eigenvalue weighted by Gasteiger charge is 2.06. The smallest absolute Gasteiger partial charge is 0.287 e. The Bertz CT molecular complexity index is 377. The van der Waals surface area contributed by atoms with E-state index in [2.05, 4.69) is 5.32 Å². The van der Waals surface area contributed by atoms with Gasteiger partial charge in [0.2, 0.25) is 5.78 Å². The summed E-state index contributed by atoms with van der Waals surface area (Å²) in [7, 11) is 0. The molecule has 0 radical (unpaired) electrons. The molecule has 80 valence electrons. The van der Waals surface area contributed by atoms with E-state index in [1.165, 1.54) is 13.0 Å². The highest BCUT2D eigenvalue weighted by atomic mass is 19.1. The number of amides is 1. The molecular weight excluding hydrogens is 197 g/mol. The molecule has 0 saturated heterocycles. The van der Waals surface area contributed by atoms with Gasteiger partial charge in [0.05, 0.1) is 0 Å². The summed E-state index contributed by atoms with van der Waals surface area (Å²) in [6.07, 6.45) is 0.381.